The molecular formula is C15H23NO2. The minimum Gasteiger partial charge on any atom is -0.496 e. The summed E-state index contributed by atoms with van der Waals surface area (Å²) in [7, 11) is 1.70. The van der Waals surface area contributed by atoms with Gasteiger partial charge in [0.2, 0.25) is 0 Å². The Morgan fingerprint density at radius 2 is 2.06 bits per heavy atom. The maximum atomic E-state index is 9.77. The topological polar surface area (TPSA) is 41.5 Å². The largest absolute Gasteiger partial charge is 0.496 e. The number of hydrogen-bond acceptors (Lipinski definition) is 3. The van der Waals surface area contributed by atoms with Crippen LogP contribution in [0.4, 0.5) is 0 Å². The van der Waals surface area contributed by atoms with E-state index in [9.17, 15) is 5.11 Å². The van der Waals surface area contributed by atoms with Crippen LogP contribution in [0.2, 0.25) is 0 Å². The summed E-state index contributed by atoms with van der Waals surface area (Å²) in [5, 5.41) is 13.4. The van der Waals surface area contributed by atoms with Gasteiger partial charge in [0.1, 0.15) is 5.75 Å². The lowest BCUT2D eigenvalue weighted by molar-refractivity contribution is -0.0755. The molecule has 3 heteroatoms. The van der Waals surface area contributed by atoms with E-state index >= 15 is 0 Å². The van der Waals surface area contributed by atoms with Crippen LogP contribution in [-0.4, -0.2) is 24.4 Å². The molecule has 0 amide bonds. The van der Waals surface area contributed by atoms with Crippen LogP contribution in [-0.2, 0) is 0 Å². The number of aliphatic hydroxyl groups excluding tert-OH is 1. The van der Waals surface area contributed by atoms with E-state index in [1.165, 1.54) is 0 Å². The molecule has 0 aromatic heterocycles. The number of rotatable bonds is 4. The molecule has 2 unspecified atom stereocenters. The molecular weight excluding hydrogens is 226 g/mol. The van der Waals surface area contributed by atoms with Crippen molar-refractivity contribution >= 4 is 0 Å². The molecule has 3 nitrogen and oxygen atoms in total. The third-order valence-electron chi connectivity index (χ3n) is 4.27. The van der Waals surface area contributed by atoms with Gasteiger partial charge in [-0.15, -0.1) is 0 Å². The van der Waals surface area contributed by atoms with E-state index in [-0.39, 0.29) is 17.6 Å². The van der Waals surface area contributed by atoms with Crippen molar-refractivity contribution in [3.63, 3.8) is 0 Å². The highest BCUT2D eigenvalue weighted by atomic mass is 16.5. The highest BCUT2D eigenvalue weighted by molar-refractivity contribution is 5.35. The molecule has 1 aliphatic carbocycles. The number of aliphatic hydroxyl groups is 1. The summed E-state index contributed by atoms with van der Waals surface area (Å²) in [5.41, 5.74) is 1.12. The summed E-state index contributed by atoms with van der Waals surface area (Å²) in [6.07, 6.45) is 0.631. The SMILES string of the molecule is COc1ccccc1[C@@H](C)NC1CC(O)C1(C)C. The zero-order valence-corrected chi connectivity index (χ0v) is 11.6. The number of ether oxygens (including phenoxy) is 1. The van der Waals surface area contributed by atoms with Crippen LogP contribution in [0.3, 0.4) is 0 Å². The van der Waals surface area contributed by atoms with Crippen molar-refractivity contribution in [3.8, 4) is 5.75 Å². The number of nitrogens with one attached hydrogen (secondary N) is 1. The molecule has 1 saturated carbocycles. The van der Waals surface area contributed by atoms with Gasteiger partial charge >= 0.3 is 0 Å². The Labute approximate surface area is 109 Å². The van der Waals surface area contributed by atoms with E-state index in [2.05, 4.69) is 32.2 Å². The molecule has 3 atom stereocenters. The summed E-state index contributed by atoms with van der Waals surface area (Å²) in [5.74, 6) is 0.912. The number of hydrogen-bond donors (Lipinski definition) is 2. The van der Waals surface area contributed by atoms with Gasteiger partial charge in [-0.1, -0.05) is 32.0 Å². The van der Waals surface area contributed by atoms with Crippen molar-refractivity contribution in [1.82, 2.24) is 5.32 Å². The van der Waals surface area contributed by atoms with Crippen LogP contribution >= 0.6 is 0 Å². The second kappa shape index (κ2) is 4.90. The van der Waals surface area contributed by atoms with E-state index in [1.54, 1.807) is 7.11 Å². The fraction of sp³-hybridized carbons (Fsp3) is 0.600. The van der Waals surface area contributed by atoms with Gasteiger partial charge in [0.05, 0.1) is 13.2 Å². The highest BCUT2D eigenvalue weighted by Gasteiger charge is 2.47. The Kier molecular flexibility index (Phi) is 3.64. The van der Waals surface area contributed by atoms with E-state index in [1.807, 2.05) is 18.2 Å². The fourth-order valence-corrected chi connectivity index (χ4v) is 2.60. The molecule has 0 saturated heterocycles. The Bertz CT molecular complexity index is 417. The molecule has 0 radical (unpaired) electrons. The molecule has 0 heterocycles. The summed E-state index contributed by atoms with van der Waals surface area (Å²) in [6, 6.07) is 8.64. The first-order chi connectivity index (χ1) is 8.46. The fourth-order valence-electron chi connectivity index (χ4n) is 2.60. The predicted molar refractivity (Wildman–Crippen MR) is 72.7 cm³/mol. The minimum absolute atomic E-state index is 0.0454. The van der Waals surface area contributed by atoms with Gasteiger partial charge in [0.25, 0.3) is 0 Å². The van der Waals surface area contributed by atoms with E-state index in [0.717, 1.165) is 17.7 Å². The zero-order chi connectivity index (χ0) is 13.3. The first-order valence-electron chi connectivity index (χ1n) is 6.54. The van der Waals surface area contributed by atoms with Crippen LogP contribution in [0.5, 0.6) is 5.75 Å². The third kappa shape index (κ3) is 2.25. The van der Waals surface area contributed by atoms with Crippen molar-refractivity contribution in [1.29, 1.82) is 0 Å². The van der Waals surface area contributed by atoms with Gasteiger partial charge in [-0.05, 0) is 19.4 Å². The van der Waals surface area contributed by atoms with Crippen LogP contribution in [0.25, 0.3) is 0 Å². The molecule has 100 valence electrons. The van der Waals surface area contributed by atoms with Gasteiger partial charge < -0.3 is 15.2 Å². The molecule has 2 N–H and O–H groups in total. The molecule has 1 aliphatic rings. The number of methoxy groups -OCH3 is 1. The molecule has 0 aliphatic heterocycles. The lowest BCUT2D eigenvalue weighted by Crippen LogP contribution is -2.60. The van der Waals surface area contributed by atoms with Crippen LogP contribution in [0, 0.1) is 5.41 Å². The molecule has 2 rings (SSSR count). The van der Waals surface area contributed by atoms with Crippen molar-refractivity contribution in [3.05, 3.63) is 29.8 Å². The minimum atomic E-state index is -0.195. The smallest absolute Gasteiger partial charge is 0.123 e. The normalized spacial score (nSPS) is 27.4. The first kappa shape index (κ1) is 13.4. The van der Waals surface area contributed by atoms with Crippen molar-refractivity contribution in [2.45, 2.75) is 45.4 Å². The molecule has 0 bridgehead atoms. The zero-order valence-electron chi connectivity index (χ0n) is 11.6. The second-order valence-corrected chi connectivity index (χ2v) is 5.76. The van der Waals surface area contributed by atoms with Crippen LogP contribution < -0.4 is 10.1 Å². The maximum Gasteiger partial charge on any atom is 0.123 e. The van der Waals surface area contributed by atoms with Gasteiger partial charge in [0.15, 0.2) is 0 Å². The predicted octanol–water partition coefficient (Wildman–Crippen LogP) is 2.51. The van der Waals surface area contributed by atoms with Gasteiger partial charge in [-0.25, -0.2) is 0 Å². The number of para-hydroxylation sites is 1. The lowest BCUT2D eigenvalue weighted by Gasteiger charge is -2.50. The summed E-state index contributed by atoms with van der Waals surface area (Å²) >= 11 is 0. The maximum absolute atomic E-state index is 9.77. The van der Waals surface area contributed by atoms with Gasteiger partial charge in [-0.3, -0.25) is 0 Å². The Morgan fingerprint density at radius 3 is 2.61 bits per heavy atom. The Morgan fingerprint density at radius 1 is 1.39 bits per heavy atom. The molecule has 1 aromatic carbocycles. The quantitative estimate of drug-likeness (QED) is 0.861. The van der Waals surface area contributed by atoms with Crippen LogP contribution in [0.1, 0.15) is 38.8 Å². The Balaban J connectivity index is 2.07. The second-order valence-electron chi connectivity index (χ2n) is 5.76. The molecule has 1 fully saturated rings. The van der Waals surface area contributed by atoms with Gasteiger partial charge in [0, 0.05) is 23.1 Å². The van der Waals surface area contributed by atoms with E-state index < -0.39 is 0 Å². The monoisotopic (exact) mass is 249 g/mol. The average Bonchev–Trinajstić information content (AvgIpc) is 2.38. The highest BCUT2D eigenvalue weighted by Crippen LogP contribution is 2.41. The van der Waals surface area contributed by atoms with Crippen molar-refractivity contribution in [2.75, 3.05) is 7.11 Å². The van der Waals surface area contributed by atoms with E-state index in [0.29, 0.717) is 6.04 Å². The van der Waals surface area contributed by atoms with E-state index in [4.69, 9.17) is 4.74 Å². The van der Waals surface area contributed by atoms with Crippen LogP contribution in [0.15, 0.2) is 24.3 Å². The standard InChI is InChI=1S/C15H23NO2/c1-10(11-7-5-6-8-12(11)18-4)16-13-9-14(17)15(13,2)3/h5-8,10,13-14,16-17H,9H2,1-4H3/t10-,13?,14?/m1/s1. The van der Waals surface area contributed by atoms with Crippen molar-refractivity contribution in [2.24, 2.45) is 5.41 Å². The summed E-state index contributed by atoms with van der Waals surface area (Å²) < 4.78 is 5.38. The Hall–Kier alpha value is -1.06. The molecule has 18 heavy (non-hydrogen) atoms. The van der Waals surface area contributed by atoms with Gasteiger partial charge in [-0.2, -0.15) is 0 Å². The number of benzene rings is 1. The third-order valence-corrected chi connectivity index (χ3v) is 4.27. The lowest BCUT2D eigenvalue weighted by atomic mass is 9.64. The summed E-state index contributed by atoms with van der Waals surface area (Å²) in [4.78, 5) is 0. The average molecular weight is 249 g/mol. The van der Waals surface area contributed by atoms with Crippen molar-refractivity contribution < 1.29 is 9.84 Å². The first-order valence-corrected chi connectivity index (χ1v) is 6.54. The molecule has 0 spiro atoms. The molecule has 1 aromatic rings. The summed E-state index contributed by atoms with van der Waals surface area (Å²) in [6.45, 7) is 6.35.